The number of rotatable bonds is 1. The minimum absolute atomic E-state index is 0.0417. The van der Waals surface area contributed by atoms with Crippen LogP contribution >= 0.6 is 0 Å². The van der Waals surface area contributed by atoms with E-state index in [0.29, 0.717) is 0 Å². The van der Waals surface area contributed by atoms with Gasteiger partial charge >= 0.3 is 5.97 Å². The van der Waals surface area contributed by atoms with Gasteiger partial charge in [-0.25, -0.2) is 4.79 Å². The van der Waals surface area contributed by atoms with E-state index < -0.39 is 11.6 Å². The van der Waals surface area contributed by atoms with Gasteiger partial charge in [0.25, 0.3) is 0 Å². The molecule has 0 aliphatic carbocycles. The molecule has 0 saturated heterocycles. The number of aliphatic carboxylic acids is 1. The third-order valence-corrected chi connectivity index (χ3v) is 1.15. The van der Waals surface area contributed by atoms with Crippen LogP contribution in [0.3, 0.4) is 0 Å². The van der Waals surface area contributed by atoms with Crippen molar-refractivity contribution in [2.24, 2.45) is 11.5 Å². The Morgan fingerprint density at radius 1 is 1.06 bits per heavy atom. The van der Waals surface area contributed by atoms with E-state index >= 15 is 0 Å². The van der Waals surface area contributed by atoms with E-state index in [-0.39, 0.29) is 17.8 Å². The van der Waals surface area contributed by atoms with E-state index in [4.69, 9.17) is 33.8 Å². The summed E-state index contributed by atoms with van der Waals surface area (Å²) in [6.45, 7) is 1.22. The van der Waals surface area contributed by atoms with Crippen LogP contribution in [-0.4, -0.2) is 31.7 Å². The molecule has 0 bridgehead atoms. The second-order valence-electron chi connectivity index (χ2n) is 3.00. The number of nitrogen functional groups attached to an aromatic ring is 3. The first-order chi connectivity index (χ1) is 7.12. The number of carboxylic acids is 1. The molecule has 0 saturated carbocycles. The quantitative estimate of drug-likeness (QED) is 0.275. The Balaban J connectivity index is 0.000000293. The lowest BCUT2D eigenvalue weighted by atomic mass is 10.2. The molecular formula is C6H14N8O2. The van der Waals surface area contributed by atoms with Gasteiger partial charge < -0.3 is 33.8 Å². The van der Waals surface area contributed by atoms with Crippen LogP contribution in [0.2, 0.25) is 0 Å². The first kappa shape index (κ1) is 13.8. The Labute approximate surface area is 90.8 Å². The summed E-state index contributed by atoms with van der Waals surface area (Å²) in [5.74, 6) is -1.08. The highest BCUT2D eigenvalue weighted by molar-refractivity contribution is 5.76. The molecule has 1 aromatic heterocycles. The maximum absolute atomic E-state index is 9.77. The fourth-order valence-corrected chi connectivity index (χ4v) is 0.427. The van der Waals surface area contributed by atoms with Crippen LogP contribution in [-0.2, 0) is 4.79 Å². The summed E-state index contributed by atoms with van der Waals surface area (Å²) in [5.41, 5.74) is 23.5. The topological polar surface area (TPSA) is 206 Å². The minimum atomic E-state index is -1.58. The maximum Gasteiger partial charge on any atom is 0.338 e. The van der Waals surface area contributed by atoms with Gasteiger partial charge in [0.15, 0.2) is 5.66 Å². The average Bonchev–Trinajstić information content (AvgIpc) is 1.99. The Bertz CT molecular complexity index is 323. The zero-order valence-electron chi connectivity index (χ0n) is 8.58. The fourth-order valence-electron chi connectivity index (χ4n) is 0.427. The number of anilines is 3. The second-order valence-corrected chi connectivity index (χ2v) is 3.00. The molecule has 0 atom stereocenters. The molecule has 11 N–H and O–H groups in total. The van der Waals surface area contributed by atoms with Crippen LogP contribution in [0.4, 0.5) is 17.8 Å². The van der Waals surface area contributed by atoms with Crippen molar-refractivity contribution in [2.75, 3.05) is 17.2 Å². The highest BCUT2D eigenvalue weighted by atomic mass is 16.4. The molecule has 0 amide bonds. The average molecular weight is 230 g/mol. The molecule has 1 aromatic rings. The lowest BCUT2D eigenvalue weighted by Gasteiger charge is -2.09. The predicted molar refractivity (Wildman–Crippen MR) is 57.5 cm³/mol. The SMILES string of the molecule is CC(N)(N)C(=O)O.Nc1nc(N)nc(N)n1. The van der Waals surface area contributed by atoms with Gasteiger partial charge in [-0.05, 0) is 6.92 Å². The van der Waals surface area contributed by atoms with Crippen LogP contribution < -0.4 is 28.7 Å². The molecule has 0 radical (unpaired) electrons. The van der Waals surface area contributed by atoms with E-state index in [9.17, 15) is 4.79 Å². The van der Waals surface area contributed by atoms with Crippen molar-refractivity contribution in [1.29, 1.82) is 0 Å². The summed E-state index contributed by atoms with van der Waals surface area (Å²) in [6.07, 6.45) is 0. The molecule has 90 valence electrons. The highest BCUT2D eigenvalue weighted by Crippen LogP contribution is 1.97. The van der Waals surface area contributed by atoms with Crippen molar-refractivity contribution < 1.29 is 9.90 Å². The number of aromatic nitrogens is 3. The van der Waals surface area contributed by atoms with Gasteiger partial charge in [0, 0.05) is 0 Å². The van der Waals surface area contributed by atoms with E-state index in [2.05, 4.69) is 15.0 Å². The summed E-state index contributed by atoms with van der Waals surface area (Å²) in [6, 6.07) is 0. The van der Waals surface area contributed by atoms with E-state index in [1.807, 2.05) is 0 Å². The number of hydrogen-bond donors (Lipinski definition) is 6. The van der Waals surface area contributed by atoms with Crippen molar-refractivity contribution in [3.63, 3.8) is 0 Å². The molecule has 0 spiro atoms. The van der Waals surface area contributed by atoms with Gasteiger partial charge in [-0.1, -0.05) is 0 Å². The summed E-state index contributed by atoms with van der Waals surface area (Å²) >= 11 is 0. The lowest BCUT2D eigenvalue weighted by Crippen LogP contribution is -2.53. The van der Waals surface area contributed by atoms with Crippen LogP contribution in [0, 0.1) is 0 Å². The van der Waals surface area contributed by atoms with Crippen LogP contribution in [0.5, 0.6) is 0 Å². The van der Waals surface area contributed by atoms with Crippen molar-refractivity contribution >= 4 is 23.8 Å². The molecule has 0 aromatic carbocycles. The van der Waals surface area contributed by atoms with Crippen molar-refractivity contribution in [3.8, 4) is 0 Å². The minimum Gasteiger partial charge on any atom is -0.479 e. The monoisotopic (exact) mass is 230 g/mol. The number of carboxylic acid groups (broad SMARTS) is 1. The van der Waals surface area contributed by atoms with Gasteiger partial charge in [-0.15, -0.1) is 0 Å². The van der Waals surface area contributed by atoms with E-state index in [0.717, 1.165) is 0 Å². The Kier molecular flexibility index (Phi) is 4.35. The normalized spacial score (nSPS) is 10.2. The number of hydrogen-bond acceptors (Lipinski definition) is 9. The first-order valence-corrected chi connectivity index (χ1v) is 3.96. The molecule has 1 rings (SSSR count). The van der Waals surface area contributed by atoms with Crippen molar-refractivity contribution in [1.82, 2.24) is 15.0 Å². The number of carbonyl (C=O) groups is 1. The number of nitrogens with two attached hydrogens (primary N) is 5. The van der Waals surface area contributed by atoms with Gasteiger partial charge in [-0.2, -0.15) is 15.0 Å². The summed E-state index contributed by atoms with van der Waals surface area (Å²) < 4.78 is 0. The molecule has 0 aliphatic heterocycles. The van der Waals surface area contributed by atoms with Gasteiger partial charge in [0.2, 0.25) is 17.8 Å². The van der Waals surface area contributed by atoms with Crippen LogP contribution in [0.25, 0.3) is 0 Å². The lowest BCUT2D eigenvalue weighted by molar-refractivity contribution is -0.142. The fraction of sp³-hybridized carbons (Fsp3) is 0.333. The van der Waals surface area contributed by atoms with Gasteiger partial charge in [-0.3, -0.25) is 0 Å². The molecule has 10 heteroatoms. The number of nitrogens with zero attached hydrogens (tertiary/aromatic N) is 3. The Morgan fingerprint density at radius 3 is 1.38 bits per heavy atom. The summed E-state index contributed by atoms with van der Waals surface area (Å²) in [7, 11) is 0. The zero-order valence-corrected chi connectivity index (χ0v) is 8.58. The van der Waals surface area contributed by atoms with Crippen molar-refractivity contribution in [3.05, 3.63) is 0 Å². The van der Waals surface area contributed by atoms with Crippen molar-refractivity contribution in [2.45, 2.75) is 12.6 Å². The highest BCUT2D eigenvalue weighted by Gasteiger charge is 2.20. The third-order valence-electron chi connectivity index (χ3n) is 1.15. The second kappa shape index (κ2) is 5.04. The zero-order chi connectivity index (χ0) is 12.9. The Morgan fingerprint density at radius 2 is 1.25 bits per heavy atom. The first-order valence-electron chi connectivity index (χ1n) is 3.96. The van der Waals surface area contributed by atoms with Gasteiger partial charge in [0.05, 0.1) is 0 Å². The molecule has 0 fully saturated rings. The molecular weight excluding hydrogens is 216 g/mol. The largest absolute Gasteiger partial charge is 0.479 e. The molecule has 0 unspecified atom stereocenters. The van der Waals surface area contributed by atoms with E-state index in [1.54, 1.807) is 0 Å². The third kappa shape index (κ3) is 5.51. The molecule has 1 heterocycles. The Hall–Kier alpha value is -2.20. The molecule has 16 heavy (non-hydrogen) atoms. The van der Waals surface area contributed by atoms with Crippen LogP contribution in [0.1, 0.15) is 6.92 Å². The molecule has 10 nitrogen and oxygen atoms in total. The standard InChI is InChI=1S/C3H6N6.C3H8N2O2/c4-1-7-2(5)9-3(6)8-1;1-3(4,5)2(6)7/h(H6,4,5,6,7,8,9);4-5H2,1H3,(H,6,7). The van der Waals surface area contributed by atoms with Gasteiger partial charge in [0.1, 0.15) is 0 Å². The van der Waals surface area contributed by atoms with E-state index in [1.165, 1.54) is 6.92 Å². The van der Waals surface area contributed by atoms with Crippen LogP contribution in [0.15, 0.2) is 0 Å². The summed E-state index contributed by atoms with van der Waals surface area (Å²) in [5, 5.41) is 8.00. The molecule has 0 aliphatic rings. The maximum atomic E-state index is 9.77. The smallest absolute Gasteiger partial charge is 0.338 e. The summed E-state index contributed by atoms with van der Waals surface area (Å²) in [4.78, 5) is 20.2. The predicted octanol–water partition coefficient (Wildman–Crippen LogP) is -2.68.